The SMILES string of the molecule is CNc1ncc(Cl)c(Sc2nccs2)n1. The molecule has 0 aromatic carbocycles. The summed E-state index contributed by atoms with van der Waals surface area (Å²) < 4.78 is 0.914. The van der Waals surface area contributed by atoms with E-state index in [1.165, 1.54) is 11.8 Å². The van der Waals surface area contributed by atoms with Crippen molar-refractivity contribution in [1.82, 2.24) is 15.0 Å². The first-order chi connectivity index (χ1) is 7.29. The third-order valence-electron chi connectivity index (χ3n) is 1.53. The lowest BCUT2D eigenvalue weighted by molar-refractivity contribution is 1.04. The molecule has 0 saturated heterocycles. The van der Waals surface area contributed by atoms with Crippen LogP contribution in [0.1, 0.15) is 0 Å². The highest BCUT2D eigenvalue weighted by Gasteiger charge is 2.08. The van der Waals surface area contributed by atoms with E-state index in [0.29, 0.717) is 16.0 Å². The van der Waals surface area contributed by atoms with E-state index in [1.807, 2.05) is 5.38 Å². The molecule has 0 unspecified atom stereocenters. The highest BCUT2D eigenvalue weighted by Crippen LogP contribution is 2.32. The van der Waals surface area contributed by atoms with Gasteiger partial charge in [0.25, 0.3) is 0 Å². The molecule has 0 amide bonds. The van der Waals surface area contributed by atoms with Gasteiger partial charge in [0.05, 0.1) is 11.2 Å². The molecule has 2 aromatic heterocycles. The summed E-state index contributed by atoms with van der Waals surface area (Å²) in [6, 6.07) is 0. The smallest absolute Gasteiger partial charge is 0.223 e. The Morgan fingerprint density at radius 1 is 1.47 bits per heavy atom. The normalized spacial score (nSPS) is 10.3. The van der Waals surface area contributed by atoms with Gasteiger partial charge in [-0.15, -0.1) is 11.3 Å². The van der Waals surface area contributed by atoms with Crippen LogP contribution in [-0.2, 0) is 0 Å². The number of hydrogen-bond acceptors (Lipinski definition) is 6. The molecule has 0 bridgehead atoms. The second-order valence-electron chi connectivity index (χ2n) is 2.50. The quantitative estimate of drug-likeness (QED) is 0.858. The maximum Gasteiger partial charge on any atom is 0.223 e. The van der Waals surface area contributed by atoms with E-state index in [9.17, 15) is 0 Å². The van der Waals surface area contributed by atoms with Crippen molar-refractivity contribution in [1.29, 1.82) is 0 Å². The zero-order valence-electron chi connectivity index (χ0n) is 7.77. The molecule has 7 heteroatoms. The first-order valence-electron chi connectivity index (χ1n) is 4.07. The Morgan fingerprint density at radius 2 is 2.33 bits per heavy atom. The van der Waals surface area contributed by atoms with E-state index in [4.69, 9.17) is 11.6 Å². The van der Waals surface area contributed by atoms with Crippen LogP contribution in [0.2, 0.25) is 5.02 Å². The second kappa shape index (κ2) is 4.78. The van der Waals surface area contributed by atoms with Crippen LogP contribution in [0.25, 0.3) is 0 Å². The predicted octanol–water partition coefficient (Wildman–Crippen LogP) is 2.78. The highest BCUT2D eigenvalue weighted by atomic mass is 35.5. The van der Waals surface area contributed by atoms with Gasteiger partial charge in [0.15, 0.2) is 4.34 Å². The minimum atomic E-state index is 0.536. The molecule has 0 aliphatic rings. The van der Waals surface area contributed by atoms with Crippen molar-refractivity contribution < 1.29 is 0 Å². The van der Waals surface area contributed by atoms with Crippen LogP contribution in [-0.4, -0.2) is 22.0 Å². The van der Waals surface area contributed by atoms with E-state index < -0.39 is 0 Å². The Hall–Kier alpha value is -0.850. The summed E-state index contributed by atoms with van der Waals surface area (Å²) in [7, 11) is 1.76. The number of nitrogens with zero attached hydrogens (tertiary/aromatic N) is 3. The third-order valence-corrected chi connectivity index (χ3v) is 3.81. The number of halogens is 1. The average Bonchev–Trinajstić information content (AvgIpc) is 2.74. The fraction of sp³-hybridized carbons (Fsp3) is 0.125. The molecule has 78 valence electrons. The molecule has 1 N–H and O–H groups in total. The van der Waals surface area contributed by atoms with Crippen LogP contribution >= 0.6 is 34.7 Å². The number of thiazole rings is 1. The average molecular weight is 259 g/mol. The summed E-state index contributed by atoms with van der Waals surface area (Å²) in [6.45, 7) is 0. The Balaban J connectivity index is 2.27. The minimum absolute atomic E-state index is 0.536. The van der Waals surface area contributed by atoms with Crippen molar-refractivity contribution >= 4 is 40.6 Å². The predicted molar refractivity (Wildman–Crippen MR) is 62.8 cm³/mol. The molecule has 0 fully saturated rings. The first-order valence-corrected chi connectivity index (χ1v) is 6.14. The van der Waals surface area contributed by atoms with Crippen LogP contribution < -0.4 is 5.32 Å². The van der Waals surface area contributed by atoms with Crippen LogP contribution in [0, 0.1) is 0 Å². The van der Waals surface area contributed by atoms with Crippen LogP contribution in [0.4, 0.5) is 5.95 Å². The van der Waals surface area contributed by atoms with Gasteiger partial charge < -0.3 is 5.32 Å². The fourth-order valence-corrected chi connectivity index (χ4v) is 2.61. The van der Waals surface area contributed by atoms with E-state index in [1.54, 1.807) is 30.8 Å². The van der Waals surface area contributed by atoms with Crippen LogP contribution in [0.15, 0.2) is 27.1 Å². The van der Waals surface area contributed by atoms with Gasteiger partial charge in [-0.25, -0.2) is 15.0 Å². The van der Waals surface area contributed by atoms with E-state index in [-0.39, 0.29) is 0 Å². The van der Waals surface area contributed by atoms with Gasteiger partial charge in [0.1, 0.15) is 5.03 Å². The molecular formula is C8H7ClN4S2. The third kappa shape index (κ3) is 2.58. The number of nitrogens with one attached hydrogen (secondary N) is 1. The van der Waals surface area contributed by atoms with Crippen molar-refractivity contribution in [2.45, 2.75) is 9.37 Å². The summed E-state index contributed by atoms with van der Waals surface area (Å²) in [4.78, 5) is 12.4. The van der Waals surface area contributed by atoms with Crippen molar-refractivity contribution in [2.75, 3.05) is 12.4 Å². The van der Waals surface area contributed by atoms with E-state index in [2.05, 4.69) is 20.3 Å². The molecule has 0 saturated carbocycles. The van der Waals surface area contributed by atoms with Gasteiger partial charge in [-0.05, 0) is 11.8 Å². The lowest BCUT2D eigenvalue weighted by atomic mass is 10.6. The Kier molecular flexibility index (Phi) is 3.40. The summed E-state index contributed by atoms with van der Waals surface area (Å²) >= 11 is 8.96. The Morgan fingerprint density at radius 3 is 3.00 bits per heavy atom. The summed E-state index contributed by atoms with van der Waals surface area (Å²) in [5.41, 5.74) is 0. The molecule has 15 heavy (non-hydrogen) atoms. The van der Waals surface area contributed by atoms with Crippen molar-refractivity contribution in [3.8, 4) is 0 Å². The van der Waals surface area contributed by atoms with Gasteiger partial charge in [-0.3, -0.25) is 0 Å². The molecule has 2 rings (SSSR count). The number of aromatic nitrogens is 3. The number of rotatable bonds is 3. The van der Waals surface area contributed by atoms with Crippen molar-refractivity contribution in [3.63, 3.8) is 0 Å². The zero-order valence-corrected chi connectivity index (χ0v) is 10.2. The standard InChI is InChI=1S/C8H7ClN4S2/c1-10-7-12-4-5(9)6(13-7)15-8-11-2-3-14-8/h2-4H,1H3,(H,10,12,13). The maximum absolute atomic E-state index is 5.97. The van der Waals surface area contributed by atoms with Crippen LogP contribution in [0.3, 0.4) is 0 Å². The summed E-state index contributed by atoms with van der Waals surface area (Å²) in [6.07, 6.45) is 3.33. The zero-order chi connectivity index (χ0) is 10.7. The molecule has 0 aliphatic heterocycles. The number of anilines is 1. The topological polar surface area (TPSA) is 50.7 Å². The van der Waals surface area contributed by atoms with Gasteiger partial charge in [0, 0.05) is 18.6 Å². The van der Waals surface area contributed by atoms with Gasteiger partial charge >= 0.3 is 0 Å². The van der Waals surface area contributed by atoms with Crippen molar-refractivity contribution in [2.24, 2.45) is 0 Å². The van der Waals surface area contributed by atoms with Gasteiger partial charge in [-0.1, -0.05) is 11.6 Å². The molecule has 2 aromatic rings. The molecule has 2 heterocycles. The lowest BCUT2D eigenvalue weighted by Gasteiger charge is -2.02. The Labute approximate surface area is 100 Å². The second-order valence-corrected chi connectivity index (χ2v) is 5.03. The molecular weight excluding hydrogens is 252 g/mol. The van der Waals surface area contributed by atoms with Gasteiger partial charge in [-0.2, -0.15) is 0 Å². The summed E-state index contributed by atoms with van der Waals surface area (Å²) in [5, 5.41) is 6.03. The molecule has 4 nitrogen and oxygen atoms in total. The summed E-state index contributed by atoms with van der Waals surface area (Å²) in [5.74, 6) is 0.554. The molecule has 0 aliphatic carbocycles. The first kappa shape index (κ1) is 10.7. The maximum atomic E-state index is 5.97. The minimum Gasteiger partial charge on any atom is -0.357 e. The van der Waals surface area contributed by atoms with Crippen LogP contribution in [0.5, 0.6) is 0 Å². The lowest BCUT2D eigenvalue weighted by Crippen LogP contribution is -1.96. The molecule has 0 atom stereocenters. The fourth-order valence-electron chi connectivity index (χ4n) is 0.887. The largest absolute Gasteiger partial charge is 0.357 e. The van der Waals surface area contributed by atoms with Gasteiger partial charge in [0.2, 0.25) is 5.95 Å². The Bertz CT molecular complexity index is 446. The van der Waals surface area contributed by atoms with E-state index >= 15 is 0 Å². The monoisotopic (exact) mass is 258 g/mol. The molecule has 0 spiro atoms. The van der Waals surface area contributed by atoms with E-state index in [0.717, 1.165) is 4.34 Å². The molecule has 0 radical (unpaired) electrons. The highest BCUT2D eigenvalue weighted by molar-refractivity contribution is 8.01. The van der Waals surface area contributed by atoms with Crippen molar-refractivity contribution in [3.05, 3.63) is 22.8 Å². The number of hydrogen-bond donors (Lipinski definition) is 1.